The summed E-state index contributed by atoms with van der Waals surface area (Å²) in [5.74, 6) is 0.456. The molecule has 0 bridgehead atoms. The third kappa shape index (κ3) is 3.20. The van der Waals surface area contributed by atoms with Crippen molar-refractivity contribution in [2.24, 2.45) is 5.73 Å². The van der Waals surface area contributed by atoms with Crippen molar-refractivity contribution in [2.45, 2.75) is 31.9 Å². The smallest absolute Gasteiger partial charge is 0.123 e. The van der Waals surface area contributed by atoms with Crippen LogP contribution in [0.25, 0.3) is 0 Å². The maximum absolute atomic E-state index is 13.2. The van der Waals surface area contributed by atoms with E-state index in [0.29, 0.717) is 10.6 Å². The summed E-state index contributed by atoms with van der Waals surface area (Å²) in [6.07, 6.45) is 3.17. The van der Waals surface area contributed by atoms with E-state index >= 15 is 0 Å². The van der Waals surface area contributed by atoms with Crippen LogP contribution in [0.1, 0.15) is 35.6 Å². The summed E-state index contributed by atoms with van der Waals surface area (Å²) in [7, 11) is 0. The van der Waals surface area contributed by atoms with Gasteiger partial charge < -0.3 is 10.5 Å². The molecule has 4 heteroatoms. The molecule has 2 aromatic rings. The molecule has 2 aromatic carbocycles. The van der Waals surface area contributed by atoms with Gasteiger partial charge in [0.15, 0.2) is 0 Å². The van der Waals surface area contributed by atoms with Gasteiger partial charge in [-0.25, -0.2) is 4.39 Å². The molecule has 0 heterocycles. The molecule has 0 amide bonds. The van der Waals surface area contributed by atoms with Crippen molar-refractivity contribution in [3.63, 3.8) is 0 Å². The van der Waals surface area contributed by atoms with Crippen LogP contribution in [0.3, 0.4) is 0 Å². The van der Waals surface area contributed by atoms with Gasteiger partial charge in [-0.3, -0.25) is 0 Å². The number of hydrogen-bond donors (Lipinski definition) is 1. The number of ether oxygens (including phenoxy) is 1. The minimum absolute atomic E-state index is 0.125. The van der Waals surface area contributed by atoms with Crippen LogP contribution in [0.15, 0.2) is 36.4 Å². The van der Waals surface area contributed by atoms with E-state index in [1.165, 1.54) is 23.3 Å². The Balaban J connectivity index is 1.75. The second kappa shape index (κ2) is 6.04. The van der Waals surface area contributed by atoms with E-state index in [1.54, 1.807) is 6.07 Å². The molecule has 0 saturated heterocycles. The van der Waals surface area contributed by atoms with Crippen molar-refractivity contribution in [3.8, 4) is 5.75 Å². The molecule has 3 rings (SSSR count). The minimum Gasteiger partial charge on any atom is -0.489 e. The number of aryl methyl sites for hydroxylation is 1. The van der Waals surface area contributed by atoms with Crippen molar-refractivity contribution < 1.29 is 9.13 Å². The fourth-order valence-electron chi connectivity index (χ4n) is 2.73. The fraction of sp³-hybridized carbons (Fsp3) is 0.294. The molecular weight excluding hydrogens is 289 g/mol. The SMILES string of the molecule is NC1CCCc2cc(OCc3cc(F)ccc3Cl)ccc21. The lowest BCUT2D eigenvalue weighted by Crippen LogP contribution is -2.17. The van der Waals surface area contributed by atoms with Gasteiger partial charge in [0.25, 0.3) is 0 Å². The Morgan fingerprint density at radius 3 is 2.95 bits per heavy atom. The molecule has 0 aromatic heterocycles. The van der Waals surface area contributed by atoms with Crippen molar-refractivity contribution in [1.29, 1.82) is 0 Å². The number of benzene rings is 2. The lowest BCUT2D eigenvalue weighted by atomic mass is 9.88. The number of fused-ring (bicyclic) bond motifs is 1. The summed E-state index contributed by atoms with van der Waals surface area (Å²) >= 11 is 6.03. The highest BCUT2D eigenvalue weighted by molar-refractivity contribution is 6.31. The van der Waals surface area contributed by atoms with E-state index in [2.05, 4.69) is 0 Å². The summed E-state index contributed by atoms with van der Waals surface area (Å²) in [6.45, 7) is 0.251. The van der Waals surface area contributed by atoms with Crippen LogP contribution in [0.2, 0.25) is 5.02 Å². The Bertz CT molecular complexity index is 659. The molecule has 0 spiro atoms. The van der Waals surface area contributed by atoms with Crippen LogP contribution in [-0.2, 0) is 13.0 Å². The topological polar surface area (TPSA) is 35.2 Å². The maximum atomic E-state index is 13.2. The molecule has 1 atom stereocenters. The zero-order chi connectivity index (χ0) is 14.8. The van der Waals surface area contributed by atoms with Gasteiger partial charge in [0, 0.05) is 16.6 Å². The van der Waals surface area contributed by atoms with Gasteiger partial charge in [-0.2, -0.15) is 0 Å². The first-order valence-corrected chi connectivity index (χ1v) is 7.46. The zero-order valence-electron chi connectivity index (χ0n) is 11.6. The Labute approximate surface area is 128 Å². The Morgan fingerprint density at radius 1 is 1.24 bits per heavy atom. The van der Waals surface area contributed by atoms with E-state index in [-0.39, 0.29) is 18.5 Å². The van der Waals surface area contributed by atoms with Gasteiger partial charge in [-0.15, -0.1) is 0 Å². The van der Waals surface area contributed by atoms with Crippen LogP contribution in [0.4, 0.5) is 4.39 Å². The Hall–Kier alpha value is -1.58. The van der Waals surface area contributed by atoms with Gasteiger partial charge in [0.05, 0.1) is 0 Å². The number of halogens is 2. The van der Waals surface area contributed by atoms with E-state index in [9.17, 15) is 4.39 Å². The normalized spacial score (nSPS) is 17.4. The second-order valence-corrected chi connectivity index (χ2v) is 5.79. The monoisotopic (exact) mass is 305 g/mol. The molecule has 0 radical (unpaired) electrons. The first kappa shape index (κ1) is 14.4. The molecule has 2 nitrogen and oxygen atoms in total. The van der Waals surface area contributed by atoms with Crippen molar-refractivity contribution in [2.75, 3.05) is 0 Å². The van der Waals surface area contributed by atoms with Gasteiger partial charge in [0.1, 0.15) is 18.2 Å². The van der Waals surface area contributed by atoms with Crippen molar-refractivity contribution in [1.82, 2.24) is 0 Å². The molecule has 0 saturated carbocycles. The number of nitrogens with two attached hydrogens (primary N) is 1. The van der Waals surface area contributed by atoms with Crippen molar-refractivity contribution in [3.05, 3.63) is 63.9 Å². The van der Waals surface area contributed by atoms with E-state index in [4.69, 9.17) is 22.1 Å². The molecule has 2 N–H and O–H groups in total. The maximum Gasteiger partial charge on any atom is 0.123 e. The highest BCUT2D eigenvalue weighted by Crippen LogP contribution is 2.31. The minimum atomic E-state index is -0.311. The Kier molecular flexibility index (Phi) is 4.13. The van der Waals surface area contributed by atoms with Crippen LogP contribution in [0.5, 0.6) is 5.75 Å². The number of rotatable bonds is 3. The Morgan fingerprint density at radius 2 is 2.10 bits per heavy atom. The highest BCUT2D eigenvalue weighted by Gasteiger charge is 2.17. The summed E-state index contributed by atoms with van der Waals surface area (Å²) in [4.78, 5) is 0. The lowest BCUT2D eigenvalue weighted by Gasteiger charge is -2.22. The molecule has 1 unspecified atom stereocenters. The third-order valence-electron chi connectivity index (χ3n) is 3.88. The van der Waals surface area contributed by atoms with Crippen LogP contribution >= 0.6 is 11.6 Å². The highest BCUT2D eigenvalue weighted by atomic mass is 35.5. The van der Waals surface area contributed by atoms with Gasteiger partial charge >= 0.3 is 0 Å². The zero-order valence-corrected chi connectivity index (χ0v) is 12.4. The van der Waals surface area contributed by atoms with E-state index < -0.39 is 0 Å². The van der Waals surface area contributed by atoms with Gasteiger partial charge in [0.2, 0.25) is 0 Å². The van der Waals surface area contributed by atoms with Gasteiger partial charge in [-0.1, -0.05) is 17.7 Å². The summed E-state index contributed by atoms with van der Waals surface area (Å²) in [5, 5.41) is 0.511. The predicted molar refractivity (Wildman–Crippen MR) is 82.1 cm³/mol. The largest absolute Gasteiger partial charge is 0.489 e. The first-order valence-electron chi connectivity index (χ1n) is 7.08. The lowest BCUT2D eigenvalue weighted by molar-refractivity contribution is 0.305. The predicted octanol–water partition coefficient (Wildman–Crippen LogP) is 4.39. The molecular formula is C17H17ClFNO. The van der Waals surface area contributed by atoms with Crippen LogP contribution < -0.4 is 10.5 Å². The van der Waals surface area contributed by atoms with Crippen LogP contribution in [-0.4, -0.2) is 0 Å². The quantitative estimate of drug-likeness (QED) is 0.912. The molecule has 1 aliphatic carbocycles. The molecule has 1 aliphatic rings. The molecule has 0 aliphatic heterocycles. The molecule has 110 valence electrons. The first-order chi connectivity index (χ1) is 10.1. The summed E-state index contributed by atoms with van der Waals surface area (Å²) in [6, 6.07) is 10.4. The average Bonchev–Trinajstić information content (AvgIpc) is 2.48. The summed E-state index contributed by atoms with van der Waals surface area (Å²) in [5.41, 5.74) is 9.20. The summed E-state index contributed by atoms with van der Waals surface area (Å²) < 4.78 is 19.0. The number of hydrogen-bond acceptors (Lipinski definition) is 2. The molecule has 0 fully saturated rings. The average molecular weight is 306 g/mol. The van der Waals surface area contributed by atoms with Crippen LogP contribution in [0, 0.1) is 5.82 Å². The van der Waals surface area contributed by atoms with Crippen molar-refractivity contribution >= 4 is 11.6 Å². The second-order valence-electron chi connectivity index (χ2n) is 5.38. The third-order valence-corrected chi connectivity index (χ3v) is 4.25. The fourth-order valence-corrected chi connectivity index (χ4v) is 2.91. The van der Waals surface area contributed by atoms with E-state index in [1.807, 2.05) is 18.2 Å². The van der Waals surface area contributed by atoms with Gasteiger partial charge in [-0.05, 0) is 60.7 Å². The standard InChI is InChI=1S/C17H17ClFNO/c18-16-7-4-13(19)8-12(16)10-21-14-5-6-15-11(9-14)2-1-3-17(15)20/h4-9,17H,1-3,10,20H2. The van der Waals surface area contributed by atoms with E-state index in [0.717, 1.165) is 25.0 Å². The molecule has 21 heavy (non-hydrogen) atoms.